The van der Waals surface area contributed by atoms with Crippen molar-refractivity contribution >= 4 is 17.7 Å². The first-order chi connectivity index (χ1) is 10.3. The van der Waals surface area contributed by atoms with Gasteiger partial charge in [0.2, 0.25) is 5.91 Å². The van der Waals surface area contributed by atoms with Crippen molar-refractivity contribution in [2.75, 3.05) is 12.3 Å². The summed E-state index contributed by atoms with van der Waals surface area (Å²) < 4.78 is 0. The van der Waals surface area contributed by atoms with Crippen LogP contribution in [0.15, 0.2) is 41.8 Å². The monoisotopic (exact) mass is 300 g/mol. The summed E-state index contributed by atoms with van der Waals surface area (Å²) in [4.78, 5) is 24.6. The van der Waals surface area contributed by atoms with Gasteiger partial charge in [-0.05, 0) is 37.0 Å². The molecule has 1 saturated carbocycles. The van der Waals surface area contributed by atoms with E-state index >= 15 is 0 Å². The second-order valence-corrected chi connectivity index (χ2v) is 5.92. The summed E-state index contributed by atoms with van der Waals surface area (Å²) in [6.07, 6.45) is 5.91. The quantitative estimate of drug-likeness (QED) is 0.654. The van der Waals surface area contributed by atoms with E-state index in [2.05, 4.69) is 20.3 Å². The third kappa shape index (κ3) is 4.26. The highest BCUT2D eigenvalue weighted by molar-refractivity contribution is 7.99. The zero-order valence-corrected chi connectivity index (χ0v) is 12.3. The molecule has 108 valence electrons. The van der Waals surface area contributed by atoms with Gasteiger partial charge in [0, 0.05) is 18.9 Å². The van der Waals surface area contributed by atoms with E-state index < -0.39 is 0 Å². The van der Waals surface area contributed by atoms with Crippen molar-refractivity contribution < 1.29 is 4.79 Å². The molecule has 0 bridgehead atoms. The number of pyridine rings is 1. The second kappa shape index (κ2) is 6.67. The number of carbonyl (C=O) groups excluding carboxylic acids is 1. The van der Waals surface area contributed by atoms with Gasteiger partial charge in [-0.25, -0.2) is 9.97 Å². The molecule has 1 amide bonds. The minimum atomic E-state index is 0.0405. The van der Waals surface area contributed by atoms with Crippen molar-refractivity contribution in [2.24, 2.45) is 5.92 Å². The number of hydrogen-bond donors (Lipinski definition) is 1. The standard InChI is InChI=1S/C15H16N4OS/c20-14(18-9-11-4-5-11)10-21-15-17-8-6-13(19-15)12-3-1-2-7-16-12/h1-3,6-8,11H,4-5,9-10H2,(H,18,20). The van der Waals surface area contributed by atoms with Crippen LogP contribution in [0, 0.1) is 5.92 Å². The molecule has 0 spiro atoms. The molecule has 6 heteroatoms. The van der Waals surface area contributed by atoms with E-state index in [4.69, 9.17) is 0 Å². The van der Waals surface area contributed by atoms with Gasteiger partial charge in [-0.2, -0.15) is 0 Å². The molecule has 21 heavy (non-hydrogen) atoms. The molecule has 0 aromatic carbocycles. The fourth-order valence-electron chi connectivity index (χ4n) is 1.83. The highest BCUT2D eigenvalue weighted by atomic mass is 32.2. The Morgan fingerprint density at radius 3 is 2.86 bits per heavy atom. The molecular formula is C15H16N4OS. The highest BCUT2D eigenvalue weighted by Gasteiger charge is 2.21. The van der Waals surface area contributed by atoms with Crippen LogP contribution in [0.1, 0.15) is 12.8 Å². The van der Waals surface area contributed by atoms with Crippen molar-refractivity contribution in [3.8, 4) is 11.4 Å². The van der Waals surface area contributed by atoms with E-state index in [0.29, 0.717) is 16.8 Å². The van der Waals surface area contributed by atoms with Gasteiger partial charge < -0.3 is 5.32 Å². The molecule has 3 rings (SSSR count). The Kier molecular flexibility index (Phi) is 4.45. The predicted octanol–water partition coefficient (Wildman–Crippen LogP) is 2.16. The fraction of sp³-hybridized carbons (Fsp3) is 0.333. The maximum atomic E-state index is 11.7. The van der Waals surface area contributed by atoms with Crippen LogP contribution in [0.2, 0.25) is 0 Å². The molecule has 1 aliphatic carbocycles. The van der Waals surface area contributed by atoms with Crippen LogP contribution in [-0.2, 0) is 4.79 Å². The lowest BCUT2D eigenvalue weighted by molar-refractivity contribution is -0.118. The van der Waals surface area contributed by atoms with Gasteiger partial charge in [0.15, 0.2) is 5.16 Å². The summed E-state index contributed by atoms with van der Waals surface area (Å²) >= 11 is 1.35. The topological polar surface area (TPSA) is 67.8 Å². The Balaban J connectivity index is 1.57. The molecule has 2 aromatic heterocycles. The SMILES string of the molecule is O=C(CSc1nccc(-c2ccccn2)n1)NCC1CC1. The van der Waals surface area contributed by atoms with E-state index in [0.717, 1.165) is 17.9 Å². The summed E-state index contributed by atoms with van der Waals surface area (Å²) in [5.41, 5.74) is 1.58. The Morgan fingerprint density at radius 1 is 1.19 bits per heavy atom. The Hall–Kier alpha value is -1.95. The maximum absolute atomic E-state index is 11.7. The Morgan fingerprint density at radius 2 is 2.10 bits per heavy atom. The van der Waals surface area contributed by atoms with E-state index in [1.54, 1.807) is 12.4 Å². The van der Waals surface area contributed by atoms with Crippen molar-refractivity contribution in [1.29, 1.82) is 0 Å². The average Bonchev–Trinajstić information content (AvgIpc) is 3.36. The molecule has 0 aliphatic heterocycles. The van der Waals surface area contributed by atoms with Gasteiger partial charge in [-0.3, -0.25) is 9.78 Å². The summed E-state index contributed by atoms with van der Waals surface area (Å²) in [5.74, 6) is 1.08. The number of amides is 1. The highest BCUT2D eigenvalue weighted by Crippen LogP contribution is 2.27. The van der Waals surface area contributed by atoms with E-state index in [9.17, 15) is 4.79 Å². The van der Waals surface area contributed by atoms with Gasteiger partial charge >= 0.3 is 0 Å². The molecule has 0 unspecified atom stereocenters. The number of nitrogens with zero attached hydrogens (tertiary/aromatic N) is 3. The predicted molar refractivity (Wildman–Crippen MR) is 81.7 cm³/mol. The number of hydrogen-bond acceptors (Lipinski definition) is 5. The first-order valence-electron chi connectivity index (χ1n) is 6.95. The first kappa shape index (κ1) is 14.0. The number of carbonyl (C=O) groups is 1. The number of nitrogens with one attached hydrogen (secondary N) is 1. The van der Waals surface area contributed by atoms with Crippen LogP contribution >= 0.6 is 11.8 Å². The molecule has 1 aliphatic rings. The van der Waals surface area contributed by atoms with Gasteiger partial charge in [0.1, 0.15) is 0 Å². The lowest BCUT2D eigenvalue weighted by Gasteiger charge is -2.04. The van der Waals surface area contributed by atoms with Crippen LogP contribution in [0.3, 0.4) is 0 Å². The van der Waals surface area contributed by atoms with E-state index in [1.165, 1.54) is 24.6 Å². The number of thioether (sulfide) groups is 1. The van der Waals surface area contributed by atoms with E-state index in [1.807, 2.05) is 24.3 Å². The summed E-state index contributed by atoms with van der Waals surface area (Å²) in [5, 5.41) is 3.53. The fourth-order valence-corrected chi connectivity index (χ4v) is 2.49. The van der Waals surface area contributed by atoms with Crippen molar-refractivity contribution in [3.05, 3.63) is 36.7 Å². The second-order valence-electron chi connectivity index (χ2n) is 4.98. The van der Waals surface area contributed by atoms with Gasteiger partial charge in [0.25, 0.3) is 0 Å². The number of aromatic nitrogens is 3. The lowest BCUT2D eigenvalue weighted by Crippen LogP contribution is -2.27. The van der Waals surface area contributed by atoms with Crippen LogP contribution < -0.4 is 5.32 Å². The van der Waals surface area contributed by atoms with Gasteiger partial charge in [0.05, 0.1) is 17.1 Å². The summed E-state index contributed by atoms with van der Waals surface area (Å²) in [7, 11) is 0. The van der Waals surface area contributed by atoms with Gasteiger partial charge in [-0.1, -0.05) is 17.8 Å². The normalized spacial score (nSPS) is 13.9. The zero-order chi connectivity index (χ0) is 14.5. The van der Waals surface area contributed by atoms with E-state index in [-0.39, 0.29) is 5.91 Å². The lowest BCUT2D eigenvalue weighted by atomic mass is 10.3. The minimum Gasteiger partial charge on any atom is -0.355 e. The van der Waals surface area contributed by atoms with Crippen molar-refractivity contribution in [1.82, 2.24) is 20.3 Å². The molecule has 1 fully saturated rings. The van der Waals surface area contributed by atoms with Crippen LogP contribution in [0.25, 0.3) is 11.4 Å². The molecular weight excluding hydrogens is 284 g/mol. The van der Waals surface area contributed by atoms with Crippen LogP contribution in [0.5, 0.6) is 0 Å². The number of rotatable bonds is 6. The molecule has 0 radical (unpaired) electrons. The smallest absolute Gasteiger partial charge is 0.230 e. The molecule has 0 atom stereocenters. The largest absolute Gasteiger partial charge is 0.355 e. The van der Waals surface area contributed by atoms with Gasteiger partial charge in [-0.15, -0.1) is 0 Å². The zero-order valence-electron chi connectivity index (χ0n) is 11.5. The minimum absolute atomic E-state index is 0.0405. The molecule has 5 nitrogen and oxygen atoms in total. The third-order valence-electron chi connectivity index (χ3n) is 3.18. The Bertz CT molecular complexity index is 616. The van der Waals surface area contributed by atoms with Crippen LogP contribution in [0.4, 0.5) is 0 Å². The molecule has 1 N–H and O–H groups in total. The summed E-state index contributed by atoms with van der Waals surface area (Å²) in [6.45, 7) is 0.800. The molecule has 2 aromatic rings. The Labute approximate surface area is 127 Å². The third-order valence-corrected chi connectivity index (χ3v) is 4.04. The molecule has 2 heterocycles. The maximum Gasteiger partial charge on any atom is 0.230 e. The molecule has 0 saturated heterocycles. The van der Waals surface area contributed by atoms with Crippen LogP contribution in [-0.4, -0.2) is 33.2 Å². The first-order valence-corrected chi connectivity index (χ1v) is 7.94. The van der Waals surface area contributed by atoms with Crippen molar-refractivity contribution in [2.45, 2.75) is 18.0 Å². The van der Waals surface area contributed by atoms with Crippen molar-refractivity contribution in [3.63, 3.8) is 0 Å². The summed E-state index contributed by atoms with van der Waals surface area (Å²) in [6, 6.07) is 7.51. The average molecular weight is 300 g/mol.